The van der Waals surface area contributed by atoms with Gasteiger partial charge in [0.15, 0.2) is 5.16 Å². The summed E-state index contributed by atoms with van der Waals surface area (Å²) < 4.78 is 1.59. The molecule has 4 rings (SSSR count). The van der Waals surface area contributed by atoms with Crippen molar-refractivity contribution in [2.24, 2.45) is 0 Å². The number of aryl methyl sites for hydroxylation is 2. The Morgan fingerprint density at radius 2 is 1.67 bits per heavy atom. The zero-order valence-electron chi connectivity index (χ0n) is 15.1. The van der Waals surface area contributed by atoms with Crippen LogP contribution in [0.4, 0.5) is 5.69 Å². The number of nitriles is 1. The molecule has 1 aliphatic heterocycles. The van der Waals surface area contributed by atoms with E-state index in [-0.39, 0.29) is 11.1 Å². The number of aromatic nitrogens is 2. The molecule has 6 heteroatoms. The van der Waals surface area contributed by atoms with Crippen molar-refractivity contribution in [1.29, 1.82) is 5.26 Å². The summed E-state index contributed by atoms with van der Waals surface area (Å²) in [5.41, 5.74) is 4.42. The van der Waals surface area contributed by atoms with Crippen LogP contribution in [-0.2, 0) is 6.67 Å². The maximum Gasteiger partial charge on any atom is 0.274 e. The minimum atomic E-state index is -0.289. The topological polar surface area (TPSA) is 61.9 Å². The fraction of sp³-hybridized carbons (Fsp3) is 0.190. The Hall–Kier alpha value is -3.04. The fourth-order valence-electron chi connectivity index (χ4n) is 3.05. The molecule has 1 aromatic heterocycles. The average Bonchev–Trinajstić information content (AvgIpc) is 2.69. The summed E-state index contributed by atoms with van der Waals surface area (Å²) in [7, 11) is 0. The predicted octanol–water partition coefficient (Wildman–Crippen LogP) is 3.93. The van der Waals surface area contributed by atoms with Gasteiger partial charge in [-0.05, 0) is 26.0 Å². The molecule has 0 amide bonds. The standard InChI is InChI=1S/C21H18N4OS/c1-14-3-7-16(8-4-14)19-18(11-22)20(26)25-12-24(13-27-21(25)23-19)17-9-5-15(2)6-10-17/h3-10H,12-13H2,1-2H3. The van der Waals surface area contributed by atoms with E-state index in [9.17, 15) is 10.1 Å². The molecule has 0 unspecified atom stereocenters. The molecule has 5 nitrogen and oxygen atoms in total. The molecule has 0 fully saturated rings. The summed E-state index contributed by atoms with van der Waals surface area (Å²) in [6.45, 7) is 4.43. The van der Waals surface area contributed by atoms with Gasteiger partial charge in [0, 0.05) is 11.3 Å². The second kappa shape index (κ2) is 6.93. The largest absolute Gasteiger partial charge is 0.343 e. The van der Waals surface area contributed by atoms with Crippen LogP contribution < -0.4 is 10.5 Å². The van der Waals surface area contributed by atoms with Crippen molar-refractivity contribution < 1.29 is 0 Å². The molecule has 1 aliphatic rings. The van der Waals surface area contributed by atoms with E-state index in [2.05, 4.69) is 28.1 Å². The van der Waals surface area contributed by atoms with Gasteiger partial charge in [0.25, 0.3) is 5.56 Å². The van der Waals surface area contributed by atoms with Crippen molar-refractivity contribution in [3.05, 3.63) is 75.6 Å². The number of thioether (sulfide) groups is 1. The average molecular weight is 374 g/mol. The lowest BCUT2D eigenvalue weighted by Crippen LogP contribution is -2.38. The third kappa shape index (κ3) is 3.22. The Bertz CT molecular complexity index is 1100. The molecule has 0 bridgehead atoms. The minimum absolute atomic E-state index is 0.0916. The lowest BCUT2D eigenvalue weighted by Gasteiger charge is -2.31. The highest BCUT2D eigenvalue weighted by Gasteiger charge is 2.24. The Labute approximate surface area is 161 Å². The van der Waals surface area contributed by atoms with Crippen LogP contribution in [0.25, 0.3) is 11.3 Å². The second-order valence-electron chi connectivity index (χ2n) is 6.62. The van der Waals surface area contributed by atoms with Gasteiger partial charge in [0.05, 0.1) is 11.6 Å². The van der Waals surface area contributed by atoms with E-state index in [0.717, 1.165) is 16.8 Å². The summed E-state index contributed by atoms with van der Waals surface area (Å²) >= 11 is 1.51. The summed E-state index contributed by atoms with van der Waals surface area (Å²) in [5, 5.41) is 10.3. The number of nitrogens with zero attached hydrogens (tertiary/aromatic N) is 4. The Morgan fingerprint density at radius 1 is 1.04 bits per heavy atom. The fourth-order valence-corrected chi connectivity index (χ4v) is 4.00. The van der Waals surface area contributed by atoms with E-state index in [0.29, 0.717) is 23.4 Å². The van der Waals surface area contributed by atoms with Gasteiger partial charge >= 0.3 is 0 Å². The monoisotopic (exact) mass is 374 g/mol. The maximum atomic E-state index is 13.0. The van der Waals surface area contributed by atoms with Gasteiger partial charge in [-0.25, -0.2) is 4.98 Å². The first kappa shape index (κ1) is 17.4. The molecule has 0 N–H and O–H groups in total. The van der Waals surface area contributed by atoms with Crippen molar-refractivity contribution in [3.8, 4) is 17.3 Å². The van der Waals surface area contributed by atoms with Gasteiger partial charge in [0.1, 0.15) is 18.3 Å². The Morgan fingerprint density at radius 3 is 2.30 bits per heavy atom. The van der Waals surface area contributed by atoms with E-state index < -0.39 is 0 Å². The van der Waals surface area contributed by atoms with Crippen LogP contribution in [0.5, 0.6) is 0 Å². The van der Waals surface area contributed by atoms with Gasteiger partial charge < -0.3 is 4.90 Å². The zero-order chi connectivity index (χ0) is 19.0. The van der Waals surface area contributed by atoms with Gasteiger partial charge in [-0.3, -0.25) is 9.36 Å². The first-order valence-electron chi connectivity index (χ1n) is 8.63. The first-order valence-corrected chi connectivity index (χ1v) is 9.62. The number of hydrogen-bond donors (Lipinski definition) is 0. The molecule has 0 spiro atoms. The molecule has 134 valence electrons. The number of rotatable bonds is 2. The molecule has 0 saturated heterocycles. The lowest BCUT2D eigenvalue weighted by atomic mass is 10.1. The van der Waals surface area contributed by atoms with Crippen molar-refractivity contribution in [3.63, 3.8) is 0 Å². The van der Waals surface area contributed by atoms with Crippen molar-refractivity contribution in [2.75, 3.05) is 10.8 Å². The molecular formula is C21H18N4OS. The SMILES string of the molecule is Cc1ccc(-c2nc3n(c(=O)c2C#N)CN(c2ccc(C)cc2)CS3)cc1. The highest BCUT2D eigenvalue weighted by Crippen LogP contribution is 2.29. The summed E-state index contributed by atoms with van der Waals surface area (Å²) in [6, 6.07) is 18.0. The Balaban J connectivity index is 1.77. The van der Waals surface area contributed by atoms with Crippen molar-refractivity contribution in [2.45, 2.75) is 25.7 Å². The highest BCUT2D eigenvalue weighted by atomic mass is 32.2. The number of hydrogen-bond acceptors (Lipinski definition) is 5. The van der Waals surface area contributed by atoms with Gasteiger partial charge in [0.2, 0.25) is 0 Å². The van der Waals surface area contributed by atoms with Crippen LogP contribution in [0, 0.1) is 25.2 Å². The van der Waals surface area contributed by atoms with E-state index in [1.54, 1.807) is 4.57 Å². The van der Waals surface area contributed by atoms with Crippen molar-refractivity contribution in [1.82, 2.24) is 9.55 Å². The quantitative estimate of drug-likeness (QED) is 0.636. The van der Waals surface area contributed by atoms with E-state index >= 15 is 0 Å². The molecule has 2 aromatic carbocycles. The number of benzene rings is 2. The van der Waals surface area contributed by atoms with Crippen LogP contribution in [0.3, 0.4) is 0 Å². The number of anilines is 1. The van der Waals surface area contributed by atoms with Crippen LogP contribution in [0.1, 0.15) is 16.7 Å². The van der Waals surface area contributed by atoms with Crippen LogP contribution in [0.15, 0.2) is 58.5 Å². The molecule has 0 aliphatic carbocycles. The van der Waals surface area contributed by atoms with Crippen LogP contribution >= 0.6 is 11.8 Å². The highest BCUT2D eigenvalue weighted by molar-refractivity contribution is 7.99. The lowest BCUT2D eigenvalue weighted by molar-refractivity contribution is 0.560. The third-order valence-electron chi connectivity index (χ3n) is 4.63. The number of fused-ring (bicyclic) bond motifs is 1. The normalized spacial score (nSPS) is 13.1. The summed E-state index contributed by atoms with van der Waals surface area (Å²) in [4.78, 5) is 19.8. The zero-order valence-corrected chi connectivity index (χ0v) is 16.0. The molecular weight excluding hydrogens is 356 g/mol. The molecule has 3 aromatic rings. The third-order valence-corrected chi connectivity index (χ3v) is 5.64. The predicted molar refractivity (Wildman–Crippen MR) is 108 cm³/mol. The Kier molecular flexibility index (Phi) is 4.46. The van der Waals surface area contributed by atoms with Crippen LogP contribution in [-0.4, -0.2) is 15.4 Å². The molecule has 0 atom stereocenters. The molecule has 2 heterocycles. The molecule has 0 saturated carbocycles. The summed E-state index contributed by atoms with van der Waals surface area (Å²) in [6.07, 6.45) is 0. The smallest absolute Gasteiger partial charge is 0.274 e. The van der Waals surface area contributed by atoms with Gasteiger partial charge in [-0.2, -0.15) is 5.26 Å². The van der Waals surface area contributed by atoms with E-state index in [4.69, 9.17) is 0 Å². The van der Waals surface area contributed by atoms with Crippen molar-refractivity contribution >= 4 is 17.4 Å². The first-order chi connectivity index (χ1) is 13.1. The van der Waals surface area contributed by atoms with Crippen LogP contribution in [0.2, 0.25) is 0 Å². The second-order valence-corrected chi connectivity index (χ2v) is 7.53. The minimum Gasteiger partial charge on any atom is -0.343 e. The van der Waals surface area contributed by atoms with Gasteiger partial charge in [-0.1, -0.05) is 59.3 Å². The van der Waals surface area contributed by atoms with E-state index in [1.807, 2.05) is 50.2 Å². The molecule has 0 radical (unpaired) electrons. The van der Waals surface area contributed by atoms with E-state index in [1.165, 1.54) is 17.3 Å². The van der Waals surface area contributed by atoms with Gasteiger partial charge in [-0.15, -0.1) is 0 Å². The maximum absolute atomic E-state index is 13.0. The summed E-state index contributed by atoms with van der Waals surface area (Å²) in [5.74, 6) is 0.703. The molecule has 27 heavy (non-hydrogen) atoms.